The molecule has 2 aromatic carbocycles. The van der Waals surface area contributed by atoms with Gasteiger partial charge in [0.1, 0.15) is 5.69 Å². The summed E-state index contributed by atoms with van der Waals surface area (Å²) in [5, 5.41) is 20.5. The smallest absolute Gasteiger partial charge is 0.256 e. The highest BCUT2D eigenvalue weighted by Gasteiger charge is 2.15. The third-order valence-electron chi connectivity index (χ3n) is 4.06. The molecule has 7 nitrogen and oxygen atoms in total. The minimum atomic E-state index is -0.104. The zero-order valence-corrected chi connectivity index (χ0v) is 14.8. The number of carbonyl (C=O) groups is 1. The lowest BCUT2D eigenvalue weighted by Crippen LogP contribution is -2.20. The third kappa shape index (κ3) is 3.89. The van der Waals surface area contributed by atoms with Crippen molar-refractivity contribution in [2.75, 3.05) is 14.1 Å². The van der Waals surface area contributed by atoms with E-state index >= 15 is 0 Å². The Bertz CT molecular complexity index is 875. The maximum Gasteiger partial charge on any atom is 0.256 e. The fraction of sp³-hybridized carbons (Fsp3) is 0.211. The van der Waals surface area contributed by atoms with Crippen LogP contribution in [0.2, 0.25) is 0 Å². The van der Waals surface area contributed by atoms with E-state index in [0.717, 1.165) is 11.3 Å². The molecule has 0 saturated carbocycles. The van der Waals surface area contributed by atoms with E-state index in [2.05, 4.69) is 15.6 Å². The standard InChI is InChI=1S/C19H21N5O2/c1-20-18(25)15-10-8-14(9-11-15)12-23(2)13-17-19(26)21-22-24(17)16-6-4-3-5-7-16/h3-11,26H,12-13H2,1-2H3,(H,20,25). The van der Waals surface area contributed by atoms with Gasteiger partial charge < -0.3 is 10.4 Å². The number of para-hydroxylation sites is 1. The molecule has 0 aliphatic rings. The van der Waals surface area contributed by atoms with Gasteiger partial charge in [0.15, 0.2) is 0 Å². The number of carbonyl (C=O) groups excluding carboxylic acids is 1. The van der Waals surface area contributed by atoms with Crippen molar-refractivity contribution < 1.29 is 9.90 Å². The predicted octanol–water partition coefficient (Wildman–Crippen LogP) is 1.96. The summed E-state index contributed by atoms with van der Waals surface area (Å²) < 4.78 is 1.64. The Morgan fingerprint density at radius 2 is 1.81 bits per heavy atom. The van der Waals surface area contributed by atoms with Crippen molar-refractivity contribution >= 4 is 5.91 Å². The molecule has 0 fully saturated rings. The minimum absolute atomic E-state index is 0.0735. The molecule has 1 heterocycles. The highest BCUT2D eigenvalue weighted by molar-refractivity contribution is 5.93. The Morgan fingerprint density at radius 3 is 2.46 bits per heavy atom. The van der Waals surface area contributed by atoms with E-state index in [1.807, 2.05) is 54.4 Å². The molecule has 1 amide bonds. The SMILES string of the molecule is CNC(=O)c1ccc(CN(C)Cc2c(O)nnn2-c2ccccc2)cc1. The first-order chi connectivity index (χ1) is 12.6. The largest absolute Gasteiger partial charge is 0.491 e. The van der Waals surface area contributed by atoms with E-state index in [9.17, 15) is 9.90 Å². The van der Waals surface area contributed by atoms with Gasteiger partial charge in [-0.2, -0.15) is 0 Å². The summed E-state index contributed by atoms with van der Waals surface area (Å²) in [6, 6.07) is 17.0. The van der Waals surface area contributed by atoms with Gasteiger partial charge in [-0.1, -0.05) is 40.6 Å². The molecule has 3 rings (SSSR count). The van der Waals surface area contributed by atoms with Crippen LogP contribution >= 0.6 is 0 Å². The normalized spacial score (nSPS) is 10.9. The number of hydrogen-bond donors (Lipinski definition) is 2. The minimum Gasteiger partial charge on any atom is -0.491 e. The van der Waals surface area contributed by atoms with Gasteiger partial charge in [0, 0.05) is 25.7 Å². The number of nitrogens with one attached hydrogen (secondary N) is 1. The Labute approximate surface area is 151 Å². The Kier molecular flexibility index (Phi) is 5.28. The van der Waals surface area contributed by atoms with Gasteiger partial charge in [0.2, 0.25) is 0 Å². The van der Waals surface area contributed by atoms with E-state index in [-0.39, 0.29) is 11.8 Å². The second-order valence-corrected chi connectivity index (χ2v) is 6.06. The molecule has 0 radical (unpaired) electrons. The summed E-state index contributed by atoms with van der Waals surface area (Å²) in [6.07, 6.45) is 0. The predicted molar refractivity (Wildman–Crippen MR) is 98.0 cm³/mol. The molecule has 0 unspecified atom stereocenters. The van der Waals surface area contributed by atoms with E-state index < -0.39 is 0 Å². The summed E-state index contributed by atoms with van der Waals surface area (Å²) >= 11 is 0. The van der Waals surface area contributed by atoms with Crippen molar-refractivity contribution in [1.29, 1.82) is 0 Å². The van der Waals surface area contributed by atoms with Crippen LogP contribution in [-0.4, -0.2) is 45.0 Å². The van der Waals surface area contributed by atoms with Crippen LogP contribution in [0.15, 0.2) is 54.6 Å². The second-order valence-electron chi connectivity index (χ2n) is 6.06. The Hall–Kier alpha value is -3.19. The van der Waals surface area contributed by atoms with Crippen LogP contribution in [-0.2, 0) is 13.1 Å². The first-order valence-electron chi connectivity index (χ1n) is 8.27. The van der Waals surface area contributed by atoms with Crippen molar-refractivity contribution in [1.82, 2.24) is 25.2 Å². The number of nitrogens with zero attached hydrogens (tertiary/aromatic N) is 4. The van der Waals surface area contributed by atoms with Crippen LogP contribution in [0.5, 0.6) is 5.88 Å². The fourth-order valence-corrected chi connectivity index (χ4v) is 2.74. The summed E-state index contributed by atoms with van der Waals surface area (Å²) in [6.45, 7) is 1.14. The molecule has 0 bridgehead atoms. The monoisotopic (exact) mass is 351 g/mol. The number of rotatable bonds is 6. The summed E-state index contributed by atoms with van der Waals surface area (Å²) in [4.78, 5) is 13.7. The Morgan fingerprint density at radius 1 is 1.12 bits per heavy atom. The lowest BCUT2D eigenvalue weighted by Gasteiger charge is -2.17. The molecule has 1 aromatic heterocycles. The molecule has 2 N–H and O–H groups in total. The van der Waals surface area contributed by atoms with E-state index in [1.165, 1.54) is 0 Å². The number of hydrogen-bond acceptors (Lipinski definition) is 5. The fourth-order valence-electron chi connectivity index (χ4n) is 2.74. The van der Waals surface area contributed by atoms with Gasteiger partial charge in [0.25, 0.3) is 11.8 Å². The molecule has 3 aromatic rings. The number of amides is 1. The molecule has 0 spiro atoms. The van der Waals surface area contributed by atoms with Gasteiger partial charge in [0.05, 0.1) is 5.69 Å². The first-order valence-corrected chi connectivity index (χ1v) is 8.27. The molecule has 134 valence electrons. The van der Waals surface area contributed by atoms with Crippen molar-refractivity contribution in [3.05, 3.63) is 71.4 Å². The molecule has 7 heteroatoms. The number of benzene rings is 2. The number of aromatic nitrogens is 3. The van der Waals surface area contributed by atoms with Crippen molar-refractivity contribution in [2.45, 2.75) is 13.1 Å². The van der Waals surface area contributed by atoms with Crippen molar-refractivity contribution in [3.63, 3.8) is 0 Å². The highest BCUT2D eigenvalue weighted by atomic mass is 16.3. The van der Waals surface area contributed by atoms with Crippen molar-refractivity contribution in [3.8, 4) is 11.6 Å². The topological polar surface area (TPSA) is 83.3 Å². The highest BCUT2D eigenvalue weighted by Crippen LogP contribution is 2.19. The van der Waals surface area contributed by atoms with Gasteiger partial charge in [-0.15, -0.1) is 0 Å². The van der Waals surface area contributed by atoms with Crippen LogP contribution in [0.4, 0.5) is 0 Å². The summed E-state index contributed by atoms with van der Waals surface area (Å²) in [7, 11) is 3.56. The van der Waals surface area contributed by atoms with Gasteiger partial charge in [-0.25, -0.2) is 4.68 Å². The Balaban J connectivity index is 1.72. The van der Waals surface area contributed by atoms with Gasteiger partial charge in [-0.3, -0.25) is 9.69 Å². The van der Waals surface area contributed by atoms with Crippen LogP contribution in [0.1, 0.15) is 21.6 Å². The number of aromatic hydroxyl groups is 1. The first kappa shape index (κ1) is 17.6. The average Bonchev–Trinajstić information content (AvgIpc) is 3.03. The lowest BCUT2D eigenvalue weighted by atomic mass is 10.1. The van der Waals surface area contributed by atoms with E-state index in [4.69, 9.17) is 0 Å². The van der Waals surface area contributed by atoms with E-state index in [1.54, 1.807) is 23.9 Å². The average molecular weight is 351 g/mol. The molecular formula is C19H21N5O2. The zero-order chi connectivity index (χ0) is 18.5. The third-order valence-corrected chi connectivity index (χ3v) is 4.06. The van der Waals surface area contributed by atoms with Gasteiger partial charge in [-0.05, 0) is 36.9 Å². The van der Waals surface area contributed by atoms with Crippen LogP contribution in [0.3, 0.4) is 0 Å². The lowest BCUT2D eigenvalue weighted by molar-refractivity contribution is 0.0963. The molecule has 0 aliphatic carbocycles. The van der Waals surface area contributed by atoms with Crippen LogP contribution < -0.4 is 5.32 Å². The zero-order valence-electron chi connectivity index (χ0n) is 14.8. The van der Waals surface area contributed by atoms with E-state index in [0.29, 0.717) is 24.3 Å². The maximum atomic E-state index is 11.6. The molecule has 0 atom stereocenters. The summed E-state index contributed by atoms with van der Waals surface area (Å²) in [5.41, 5.74) is 3.17. The van der Waals surface area contributed by atoms with Crippen LogP contribution in [0, 0.1) is 0 Å². The van der Waals surface area contributed by atoms with Crippen molar-refractivity contribution in [2.24, 2.45) is 0 Å². The summed E-state index contributed by atoms with van der Waals surface area (Å²) in [5.74, 6) is -0.177. The molecule has 0 saturated heterocycles. The van der Waals surface area contributed by atoms with Gasteiger partial charge >= 0.3 is 0 Å². The molecule has 26 heavy (non-hydrogen) atoms. The second kappa shape index (κ2) is 7.79. The molecular weight excluding hydrogens is 330 g/mol. The van der Waals surface area contributed by atoms with Crippen LogP contribution in [0.25, 0.3) is 5.69 Å². The quantitative estimate of drug-likeness (QED) is 0.709. The molecule has 0 aliphatic heterocycles. The maximum absolute atomic E-state index is 11.6.